The molecular weight excluding hydrogens is 402 g/mol. The lowest BCUT2D eigenvalue weighted by Gasteiger charge is -2.25. The van der Waals surface area contributed by atoms with Crippen LogP contribution >= 0.6 is 23.2 Å². The van der Waals surface area contributed by atoms with E-state index in [0.717, 1.165) is 31.5 Å². The van der Waals surface area contributed by atoms with Crippen molar-refractivity contribution in [2.45, 2.75) is 25.4 Å². The number of rotatable bonds is 5. The number of nitrogens with zero attached hydrogens (tertiary/aromatic N) is 1. The van der Waals surface area contributed by atoms with E-state index in [1.165, 1.54) is 12.1 Å². The fraction of sp³-hybridized carbons (Fsp3) is 0.333. The first-order valence-electron chi connectivity index (χ1n) is 8.31. The summed E-state index contributed by atoms with van der Waals surface area (Å²) in [5.41, 5.74) is -1.13. The van der Waals surface area contributed by atoms with Crippen molar-refractivity contribution in [2.24, 2.45) is 5.92 Å². The third-order valence-corrected chi connectivity index (χ3v) is 5.16. The molecule has 1 amide bonds. The Kier molecular flexibility index (Phi) is 5.81. The first-order valence-corrected chi connectivity index (χ1v) is 9.07. The molecule has 9 heteroatoms. The molecule has 0 saturated heterocycles. The first-order chi connectivity index (χ1) is 12.7. The second kappa shape index (κ2) is 7.94. The molecule has 3 rings (SSSR count). The molecule has 1 aromatic carbocycles. The SMILES string of the molecule is O=C(NCC1CCC1)c1cnc(Nc2ccc(Cl)c(Cl)c2)cc1C(F)(F)F. The summed E-state index contributed by atoms with van der Waals surface area (Å²) < 4.78 is 40.3. The Morgan fingerprint density at radius 2 is 1.93 bits per heavy atom. The van der Waals surface area contributed by atoms with E-state index in [4.69, 9.17) is 23.2 Å². The molecule has 0 unspecified atom stereocenters. The maximum absolute atomic E-state index is 13.4. The first kappa shape index (κ1) is 19.8. The number of hydrogen-bond donors (Lipinski definition) is 2. The van der Waals surface area contributed by atoms with Gasteiger partial charge in [-0.1, -0.05) is 29.6 Å². The zero-order valence-electron chi connectivity index (χ0n) is 14.0. The monoisotopic (exact) mass is 417 g/mol. The molecular formula is C18H16Cl2F3N3O. The lowest BCUT2D eigenvalue weighted by molar-refractivity contribution is -0.137. The molecule has 1 saturated carbocycles. The van der Waals surface area contributed by atoms with Crippen LogP contribution in [0.25, 0.3) is 0 Å². The number of alkyl halides is 3. The van der Waals surface area contributed by atoms with Crippen molar-refractivity contribution in [3.63, 3.8) is 0 Å². The number of nitrogens with one attached hydrogen (secondary N) is 2. The van der Waals surface area contributed by atoms with Crippen molar-refractivity contribution in [1.29, 1.82) is 0 Å². The van der Waals surface area contributed by atoms with Crippen LogP contribution in [-0.4, -0.2) is 17.4 Å². The summed E-state index contributed by atoms with van der Waals surface area (Å²) in [5.74, 6) is -0.495. The van der Waals surface area contributed by atoms with Crippen LogP contribution in [0.1, 0.15) is 35.2 Å². The Labute approximate surface area is 164 Å². The van der Waals surface area contributed by atoms with Gasteiger partial charge < -0.3 is 10.6 Å². The quantitative estimate of drug-likeness (QED) is 0.657. The van der Waals surface area contributed by atoms with Gasteiger partial charge in [-0.15, -0.1) is 0 Å². The van der Waals surface area contributed by atoms with Crippen molar-refractivity contribution >= 4 is 40.6 Å². The molecule has 1 aliphatic carbocycles. The number of hydrogen-bond acceptors (Lipinski definition) is 3. The average Bonchev–Trinajstić information content (AvgIpc) is 2.56. The van der Waals surface area contributed by atoms with Crippen molar-refractivity contribution in [1.82, 2.24) is 10.3 Å². The number of benzene rings is 1. The van der Waals surface area contributed by atoms with E-state index in [1.54, 1.807) is 6.07 Å². The predicted molar refractivity (Wildman–Crippen MR) is 98.7 cm³/mol. The molecule has 4 nitrogen and oxygen atoms in total. The van der Waals surface area contributed by atoms with E-state index in [2.05, 4.69) is 15.6 Å². The van der Waals surface area contributed by atoms with E-state index >= 15 is 0 Å². The highest BCUT2D eigenvalue weighted by Crippen LogP contribution is 2.34. The van der Waals surface area contributed by atoms with Gasteiger partial charge >= 0.3 is 6.18 Å². The highest BCUT2D eigenvalue weighted by atomic mass is 35.5. The molecule has 144 valence electrons. The zero-order chi connectivity index (χ0) is 19.6. The van der Waals surface area contributed by atoms with Crippen molar-refractivity contribution < 1.29 is 18.0 Å². The Hall–Kier alpha value is -1.99. The van der Waals surface area contributed by atoms with Crippen LogP contribution in [0.15, 0.2) is 30.5 Å². The van der Waals surface area contributed by atoms with E-state index < -0.39 is 23.2 Å². The molecule has 1 heterocycles. The van der Waals surface area contributed by atoms with E-state index in [0.29, 0.717) is 23.2 Å². The van der Waals surface area contributed by atoms with Gasteiger partial charge in [0.1, 0.15) is 5.82 Å². The van der Waals surface area contributed by atoms with Gasteiger partial charge in [-0.3, -0.25) is 4.79 Å². The molecule has 0 aliphatic heterocycles. The third kappa shape index (κ3) is 4.84. The topological polar surface area (TPSA) is 54.0 Å². The third-order valence-electron chi connectivity index (χ3n) is 4.42. The van der Waals surface area contributed by atoms with Crippen LogP contribution in [0.3, 0.4) is 0 Å². The molecule has 2 N–H and O–H groups in total. The lowest BCUT2D eigenvalue weighted by atomic mass is 9.85. The average molecular weight is 418 g/mol. The van der Waals surface area contributed by atoms with E-state index in [1.807, 2.05) is 0 Å². The van der Waals surface area contributed by atoms with Gasteiger partial charge in [-0.05, 0) is 43.0 Å². The molecule has 27 heavy (non-hydrogen) atoms. The summed E-state index contributed by atoms with van der Waals surface area (Å²) in [6.45, 7) is 0.374. The van der Waals surface area contributed by atoms with E-state index in [9.17, 15) is 18.0 Å². The number of aromatic nitrogens is 1. The minimum atomic E-state index is -4.69. The molecule has 1 aromatic heterocycles. The summed E-state index contributed by atoms with van der Waals surface area (Å²) in [6, 6.07) is 5.35. The second-order valence-electron chi connectivity index (χ2n) is 6.37. The predicted octanol–water partition coefficient (Wildman–Crippen LogP) is 5.68. The number of carbonyl (C=O) groups is 1. The fourth-order valence-electron chi connectivity index (χ4n) is 2.69. The number of halogens is 5. The number of anilines is 2. The Balaban J connectivity index is 1.82. The summed E-state index contributed by atoms with van der Waals surface area (Å²) >= 11 is 11.7. The molecule has 0 radical (unpaired) electrons. The maximum atomic E-state index is 13.4. The molecule has 1 fully saturated rings. The maximum Gasteiger partial charge on any atom is 0.417 e. The summed E-state index contributed by atoms with van der Waals surface area (Å²) in [4.78, 5) is 16.1. The minimum Gasteiger partial charge on any atom is -0.352 e. The van der Waals surface area contributed by atoms with Crippen LogP contribution in [0.2, 0.25) is 10.0 Å². The number of carbonyl (C=O) groups excluding carboxylic acids is 1. The Bertz CT molecular complexity index is 854. The summed E-state index contributed by atoms with van der Waals surface area (Å²) in [5, 5.41) is 5.88. The molecule has 2 aromatic rings. The largest absolute Gasteiger partial charge is 0.417 e. The van der Waals surface area contributed by atoms with Gasteiger partial charge in [0.25, 0.3) is 5.91 Å². The lowest BCUT2D eigenvalue weighted by Crippen LogP contribution is -2.33. The Morgan fingerprint density at radius 3 is 2.52 bits per heavy atom. The van der Waals surface area contributed by atoms with Gasteiger partial charge in [0, 0.05) is 18.4 Å². The minimum absolute atomic E-state index is 0.0590. The highest BCUT2D eigenvalue weighted by molar-refractivity contribution is 6.42. The van der Waals surface area contributed by atoms with E-state index in [-0.39, 0.29) is 10.8 Å². The second-order valence-corrected chi connectivity index (χ2v) is 7.19. The zero-order valence-corrected chi connectivity index (χ0v) is 15.5. The van der Waals surface area contributed by atoms with Gasteiger partial charge in [0.2, 0.25) is 0 Å². The van der Waals surface area contributed by atoms with Gasteiger partial charge in [-0.2, -0.15) is 13.2 Å². The number of amides is 1. The summed E-state index contributed by atoms with van der Waals surface area (Å²) in [7, 11) is 0. The van der Waals surface area contributed by atoms with Crippen LogP contribution in [-0.2, 0) is 6.18 Å². The number of pyridine rings is 1. The van der Waals surface area contributed by atoms with Crippen LogP contribution in [0, 0.1) is 5.92 Å². The van der Waals surface area contributed by atoms with Gasteiger partial charge in [0.05, 0.1) is 21.2 Å². The summed E-state index contributed by atoms with van der Waals surface area (Å²) in [6.07, 6.45) is -0.710. The smallest absolute Gasteiger partial charge is 0.352 e. The molecule has 0 spiro atoms. The van der Waals surface area contributed by atoms with Crippen molar-refractivity contribution in [3.05, 3.63) is 51.6 Å². The Morgan fingerprint density at radius 1 is 1.19 bits per heavy atom. The van der Waals surface area contributed by atoms with Gasteiger partial charge in [-0.25, -0.2) is 4.98 Å². The van der Waals surface area contributed by atoms with Crippen LogP contribution < -0.4 is 10.6 Å². The van der Waals surface area contributed by atoms with Crippen molar-refractivity contribution in [3.8, 4) is 0 Å². The van der Waals surface area contributed by atoms with Crippen LogP contribution in [0.5, 0.6) is 0 Å². The van der Waals surface area contributed by atoms with Gasteiger partial charge in [0.15, 0.2) is 0 Å². The molecule has 1 aliphatic rings. The standard InChI is InChI=1S/C18H16Cl2F3N3O/c19-14-5-4-11(6-15(14)20)26-16-7-13(18(21,22)23)12(9-24-16)17(27)25-8-10-2-1-3-10/h4-7,9-10H,1-3,8H2,(H,24,26)(H,25,27). The van der Waals surface area contributed by atoms with Crippen LogP contribution in [0.4, 0.5) is 24.7 Å². The molecule has 0 bridgehead atoms. The normalized spacial score (nSPS) is 14.6. The molecule has 0 atom stereocenters. The highest BCUT2D eigenvalue weighted by Gasteiger charge is 2.36. The van der Waals surface area contributed by atoms with Crippen molar-refractivity contribution in [2.75, 3.05) is 11.9 Å². The fourth-order valence-corrected chi connectivity index (χ4v) is 2.99.